The summed E-state index contributed by atoms with van der Waals surface area (Å²) < 4.78 is 34.3. The smallest absolute Gasteiger partial charge is 0.240 e. The lowest BCUT2D eigenvalue weighted by molar-refractivity contribution is 0.111. The van der Waals surface area contributed by atoms with Gasteiger partial charge in [0.15, 0.2) is 12.1 Å². The molecule has 0 aromatic carbocycles. The molecule has 1 rings (SSSR count). The number of nitrogens with zero attached hydrogens (tertiary/aromatic N) is 1. The van der Waals surface area contributed by atoms with Crippen molar-refractivity contribution < 1.29 is 17.6 Å². The minimum absolute atomic E-state index is 0.0801. The van der Waals surface area contributed by atoms with Gasteiger partial charge < -0.3 is 0 Å². The topological polar surface area (TPSA) is 90.1 Å². The molecule has 0 saturated carbocycles. The summed E-state index contributed by atoms with van der Waals surface area (Å²) in [6.45, 7) is 0. The van der Waals surface area contributed by atoms with Crippen LogP contribution in [-0.2, 0) is 10.0 Å². The Hall–Kier alpha value is -1.34. The maximum absolute atomic E-state index is 12.8. The highest BCUT2D eigenvalue weighted by atomic mass is 32.2. The highest BCUT2D eigenvalue weighted by Gasteiger charge is 2.17. The van der Waals surface area contributed by atoms with Gasteiger partial charge in [0.25, 0.3) is 0 Å². The average Bonchev–Trinajstić information content (AvgIpc) is 2.02. The number of hydrogen-bond donors (Lipinski definition) is 1. The molecule has 0 saturated heterocycles. The van der Waals surface area contributed by atoms with Gasteiger partial charge in [-0.3, -0.25) is 9.78 Å². The molecule has 0 aliphatic rings. The maximum atomic E-state index is 12.8. The summed E-state index contributed by atoms with van der Waals surface area (Å²) in [6, 6.07) is 0. The summed E-state index contributed by atoms with van der Waals surface area (Å²) in [6.07, 6.45) is 1.64. The van der Waals surface area contributed by atoms with Crippen LogP contribution in [0, 0.1) is 5.82 Å². The minimum atomic E-state index is -4.10. The summed E-state index contributed by atoms with van der Waals surface area (Å²) in [5.74, 6) is -1.01. The summed E-state index contributed by atoms with van der Waals surface area (Å²) in [4.78, 5) is 13.0. The van der Waals surface area contributed by atoms with E-state index in [9.17, 15) is 17.6 Å². The van der Waals surface area contributed by atoms with Crippen LogP contribution in [0.5, 0.6) is 0 Å². The maximum Gasteiger partial charge on any atom is 0.240 e. The van der Waals surface area contributed by atoms with Gasteiger partial charge in [0.1, 0.15) is 4.90 Å². The normalized spacial score (nSPS) is 11.2. The van der Waals surface area contributed by atoms with Crippen LogP contribution in [0.15, 0.2) is 17.3 Å². The zero-order valence-electron chi connectivity index (χ0n) is 6.27. The van der Waals surface area contributed by atoms with Crippen LogP contribution < -0.4 is 5.14 Å². The Morgan fingerprint density at radius 2 is 2.08 bits per heavy atom. The monoisotopic (exact) mass is 204 g/mol. The Kier molecular flexibility index (Phi) is 2.39. The number of carbonyl (C=O) groups is 1. The Bertz CT molecular complexity index is 443. The fraction of sp³-hybridized carbons (Fsp3) is 0. The van der Waals surface area contributed by atoms with Gasteiger partial charge in [0, 0.05) is 6.20 Å². The molecule has 70 valence electrons. The number of rotatable bonds is 2. The molecule has 13 heavy (non-hydrogen) atoms. The highest BCUT2D eigenvalue weighted by Crippen LogP contribution is 2.13. The second-order valence-corrected chi connectivity index (χ2v) is 3.73. The Morgan fingerprint density at radius 1 is 1.46 bits per heavy atom. The van der Waals surface area contributed by atoms with Crippen LogP contribution in [-0.4, -0.2) is 19.7 Å². The molecule has 0 bridgehead atoms. The number of sulfonamides is 1. The summed E-state index contributed by atoms with van der Waals surface area (Å²) >= 11 is 0. The third kappa shape index (κ3) is 1.87. The Morgan fingerprint density at radius 3 is 2.46 bits per heavy atom. The molecule has 0 unspecified atom stereocenters. The van der Waals surface area contributed by atoms with Crippen LogP contribution >= 0.6 is 0 Å². The number of halogens is 1. The van der Waals surface area contributed by atoms with E-state index >= 15 is 0 Å². The molecule has 0 aliphatic heterocycles. The lowest BCUT2D eigenvalue weighted by Crippen LogP contribution is -2.15. The minimum Gasteiger partial charge on any atom is -0.298 e. The van der Waals surface area contributed by atoms with E-state index in [1.807, 2.05) is 0 Å². The first-order valence-electron chi connectivity index (χ1n) is 3.08. The molecule has 1 aromatic heterocycles. The third-order valence-corrected chi connectivity index (χ3v) is 2.27. The second kappa shape index (κ2) is 3.19. The van der Waals surface area contributed by atoms with E-state index in [4.69, 9.17) is 5.14 Å². The lowest BCUT2D eigenvalue weighted by atomic mass is 10.3. The van der Waals surface area contributed by atoms with Crippen LogP contribution in [0.3, 0.4) is 0 Å². The predicted molar refractivity (Wildman–Crippen MR) is 41.0 cm³/mol. The van der Waals surface area contributed by atoms with Gasteiger partial charge in [-0.25, -0.2) is 17.9 Å². The number of nitrogens with two attached hydrogens (primary N) is 1. The standard InChI is InChI=1S/C6H5FN2O3S/c7-5-1-9-2-6(4(5)3-10)13(8,11)12/h1-3H,(H2,8,11,12). The summed E-state index contributed by atoms with van der Waals surface area (Å²) in [5, 5.41) is 4.71. The zero-order valence-corrected chi connectivity index (χ0v) is 7.08. The van der Waals surface area contributed by atoms with Gasteiger partial charge in [0.05, 0.1) is 11.8 Å². The van der Waals surface area contributed by atoms with E-state index in [2.05, 4.69) is 4.98 Å². The van der Waals surface area contributed by atoms with Crippen molar-refractivity contribution >= 4 is 16.3 Å². The Labute approximate surface area is 73.4 Å². The van der Waals surface area contributed by atoms with Crippen molar-refractivity contribution in [1.82, 2.24) is 4.98 Å². The fourth-order valence-electron chi connectivity index (χ4n) is 0.768. The van der Waals surface area contributed by atoms with Gasteiger partial charge >= 0.3 is 0 Å². The molecule has 2 N–H and O–H groups in total. The molecule has 0 amide bonds. The van der Waals surface area contributed by atoms with Gasteiger partial charge in [-0.1, -0.05) is 0 Å². The lowest BCUT2D eigenvalue weighted by Gasteiger charge is -2.00. The molecule has 1 heterocycles. The van der Waals surface area contributed by atoms with Crippen molar-refractivity contribution in [3.63, 3.8) is 0 Å². The molecule has 0 fully saturated rings. The zero-order chi connectivity index (χ0) is 10.1. The molecular weight excluding hydrogens is 199 g/mol. The Balaban J connectivity index is 3.56. The van der Waals surface area contributed by atoms with Gasteiger partial charge in [-0.2, -0.15) is 0 Å². The van der Waals surface area contributed by atoms with Gasteiger partial charge in [-0.05, 0) is 0 Å². The van der Waals surface area contributed by atoms with Crippen molar-refractivity contribution in [2.45, 2.75) is 4.90 Å². The van der Waals surface area contributed by atoms with Crippen LogP contribution in [0.25, 0.3) is 0 Å². The first-order valence-corrected chi connectivity index (χ1v) is 4.63. The first kappa shape index (κ1) is 9.75. The molecule has 0 atom stereocenters. The number of primary sulfonamides is 1. The summed E-state index contributed by atoms with van der Waals surface area (Å²) in [5.41, 5.74) is -0.600. The molecule has 0 aliphatic carbocycles. The molecular formula is C6H5FN2O3S. The number of carbonyl (C=O) groups excluding carboxylic acids is 1. The number of hydrogen-bond acceptors (Lipinski definition) is 4. The average molecular weight is 204 g/mol. The van der Waals surface area contributed by atoms with E-state index < -0.39 is 26.3 Å². The van der Waals surface area contributed by atoms with E-state index in [0.717, 1.165) is 12.4 Å². The fourth-order valence-corrected chi connectivity index (χ4v) is 1.43. The van der Waals surface area contributed by atoms with Crippen LogP contribution in [0.4, 0.5) is 4.39 Å². The molecule has 1 aromatic rings. The highest BCUT2D eigenvalue weighted by molar-refractivity contribution is 7.89. The van der Waals surface area contributed by atoms with E-state index in [-0.39, 0.29) is 6.29 Å². The number of aldehydes is 1. The van der Waals surface area contributed by atoms with Crippen molar-refractivity contribution in [1.29, 1.82) is 0 Å². The van der Waals surface area contributed by atoms with Crippen LogP contribution in [0.2, 0.25) is 0 Å². The van der Waals surface area contributed by atoms with Crippen LogP contribution in [0.1, 0.15) is 10.4 Å². The largest absolute Gasteiger partial charge is 0.298 e. The van der Waals surface area contributed by atoms with Gasteiger partial charge in [0.2, 0.25) is 10.0 Å². The third-order valence-electron chi connectivity index (χ3n) is 1.33. The van der Waals surface area contributed by atoms with E-state index in [1.165, 1.54) is 0 Å². The summed E-state index contributed by atoms with van der Waals surface area (Å²) in [7, 11) is -4.10. The van der Waals surface area contributed by atoms with E-state index in [0.29, 0.717) is 0 Å². The molecule has 7 heteroatoms. The molecule has 5 nitrogen and oxygen atoms in total. The van der Waals surface area contributed by atoms with Gasteiger partial charge in [-0.15, -0.1) is 0 Å². The van der Waals surface area contributed by atoms with Crippen molar-refractivity contribution in [3.8, 4) is 0 Å². The first-order chi connectivity index (χ1) is 5.96. The number of pyridine rings is 1. The quantitative estimate of drug-likeness (QED) is 0.668. The SMILES string of the molecule is NS(=O)(=O)c1cncc(F)c1C=O. The molecule has 0 radical (unpaired) electrons. The van der Waals surface area contributed by atoms with Crippen molar-refractivity contribution in [3.05, 3.63) is 23.8 Å². The van der Waals surface area contributed by atoms with Crippen molar-refractivity contribution in [2.75, 3.05) is 0 Å². The van der Waals surface area contributed by atoms with Crippen molar-refractivity contribution in [2.24, 2.45) is 5.14 Å². The van der Waals surface area contributed by atoms with E-state index in [1.54, 1.807) is 0 Å². The predicted octanol–water partition coefficient (Wildman–Crippen LogP) is -0.319. The number of aromatic nitrogens is 1. The molecule has 0 spiro atoms. The second-order valence-electron chi connectivity index (χ2n) is 2.20.